The van der Waals surface area contributed by atoms with Gasteiger partial charge in [-0.1, -0.05) is 6.07 Å². The van der Waals surface area contributed by atoms with Crippen molar-refractivity contribution in [2.45, 2.75) is 13.3 Å². The molecule has 0 amide bonds. The van der Waals surface area contributed by atoms with Crippen LogP contribution in [0.4, 0.5) is 11.4 Å². The van der Waals surface area contributed by atoms with Gasteiger partial charge in [-0.3, -0.25) is 9.90 Å². The molecule has 0 bridgehead atoms. The number of hydrogen-bond donors (Lipinski definition) is 1. The minimum atomic E-state index is 0.813. The lowest BCUT2D eigenvalue weighted by molar-refractivity contribution is 0.168. The number of hydrogen-bond acceptors (Lipinski definition) is 3. The Morgan fingerprint density at radius 3 is 2.92 bits per heavy atom. The third kappa shape index (κ3) is 1.60. The van der Waals surface area contributed by atoms with Gasteiger partial charge in [-0.15, -0.1) is 0 Å². The van der Waals surface area contributed by atoms with Gasteiger partial charge in [-0.05, 0) is 31.0 Å². The van der Waals surface area contributed by atoms with Crippen molar-refractivity contribution in [3.63, 3.8) is 0 Å². The molecule has 13 heavy (non-hydrogen) atoms. The highest BCUT2D eigenvalue weighted by Crippen LogP contribution is 2.23. The molecule has 2 rings (SSSR count). The van der Waals surface area contributed by atoms with Crippen LogP contribution in [0.2, 0.25) is 0 Å². The first kappa shape index (κ1) is 8.38. The van der Waals surface area contributed by atoms with Crippen LogP contribution < -0.4 is 10.8 Å². The molecule has 0 aromatic heterocycles. The minimum absolute atomic E-state index is 0.813. The SMILES string of the molecule is Cc1ccc(N2CCCO2)cc1N. The van der Waals surface area contributed by atoms with E-state index in [2.05, 4.69) is 0 Å². The maximum atomic E-state index is 5.81. The lowest BCUT2D eigenvalue weighted by Gasteiger charge is -2.16. The van der Waals surface area contributed by atoms with Crippen LogP contribution in [0.1, 0.15) is 12.0 Å². The second kappa shape index (κ2) is 3.26. The van der Waals surface area contributed by atoms with Crippen LogP contribution in [0.5, 0.6) is 0 Å². The second-order valence-corrected chi connectivity index (χ2v) is 3.33. The van der Waals surface area contributed by atoms with Gasteiger partial charge in [0.05, 0.1) is 12.3 Å². The predicted octanol–water partition coefficient (Wildman–Crippen LogP) is 1.72. The predicted molar refractivity (Wildman–Crippen MR) is 53.5 cm³/mol. The van der Waals surface area contributed by atoms with Crippen molar-refractivity contribution in [2.24, 2.45) is 0 Å². The summed E-state index contributed by atoms with van der Waals surface area (Å²) in [6, 6.07) is 6.02. The van der Waals surface area contributed by atoms with Crippen LogP contribution in [0.15, 0.2) is 18.2 Å². The Kier molecular flexibility index (Phi) is 2.10. The third-order valence-corrected chi connectivity index (χ3v) is 2.30. The zero-order chi connectivity index (χ0) is 9.26. The number of nitrogens with two attached hydrogens (primary N) is 1. The van der Waals surface area contributed by atoms with Crippen LogP contribution in [0.25, 0.3) is 0 Å². The average Bonchev–Trinajstić information content (AvgIpc) is 2.62. The molecule has 0 spiro atoms. The number of rotatable bonds is 1. The first-order valence-corrected chi connectivity index (χ1v) is 4.54. The van der Waals surface area contributed by atoms with E-state index in [1.54, 1.807) is 0 Å². The van der Waals surface area contributed by atoms with Gasteiger partial charge in [0, 0.05) is 12.2 Å². The number of nitrogens with zero attached hydrogens (tertiary/aromatic N) is 1. The molecular weight excluding hydrogens is 164 g/mol. The van der Waals surface area contributed by atoms with Crippen LogP contribution in [-0.2, 0) is 4.84 Å². The fraction of sp³-hybridized carbons (Fsp3) is 0.400. The molecule has 1 heterocycles. The summed E-state index contributed by atoms with van der Waals surface area (Å²) in [6.45, 7) is 3.78. The van der Waals surface area contributed by atoms with E-state index in [4.69, 9.17) is 10.6 Å². The Labute approximate surface area is 78.1 Å². The first-order valence-electron chi connectivity index (χ1n) is 4.54. The lowest BCUT2D eigenvalue weighted by atomic mass is 10.2. The Bertz CT molecular complexity index is 306. The molecule has 0 atom stereocenters. The van der Waals surface area contributed by atoms with E-state index < -0.39 is 0 Å². The Balaban J connectivity index is 2.25. The molecule has 1 aromatic rings. The highest BCUT2D eigenvalue weighted by Gasteiger charge is 2.13. The van der Waals surface area contributed by atoms with Gasteiger partial charge in [0.1, 0.15) is 0 Å². The Morgan fingerprint density at radius 1 is 1.46 bits per heavy atom. The Hall–Kier alpha value is -1.22. The van der Waals surface area contributed by atoms with Crippen molar-refractivity contribution >= 4 is 11.4 Å². The van der Waals surface area contributed by atoms with Gasteiger partial charge in [-0.2, -0.15) is 0 Å². The van der Waals surface area contributed by atoms with Gasteiger partial charge in [0.25, 0.3) is 0 Å². The van der Waals surface area contributed by atoms with Crippen molar-refractivity contribution in [1.29, 1.82) is 0 Å². The largest absolute Gasteiger partial charge is 0.398 e. The van der Waals surface area contributed by atoms with Gasteiger partial charge >= 0.3 is 0 Å². The van der Waals surface area contributed by atoms with Crippen LogP contribution >= 0.6 is 0 Å². The number of nitrogen functional groups attached to an aromatic ring is 1. The van der Waals surface area contributed by atoms with E-state index in [1.807, 2.05) is 30.2 Å². The molecule has 1 saturated heterocycles. The Morgan fingerprint density at radius 2 is 2.31 bits per heavy atom. The lowest BCUT2D eigenvalue weighted by Crippen LogP contribution is -2.16. The maximum Gasteiger partial charge on any atom is 0.0766 e. The molecule has 1 aliphatic rings. The average molecular weight is 178 g/mol. The second-order valence-electron chi connectivity index (χ2n) is 3.33. The topological polar surface area (TPSA) is 38.5 Å². The molecule has 1 fully saturated rings. The third-order valence-electron chi connectivity index (χ3n) is 2.30. The normalized spacial score (nSPS) is 16.5. The molecule has 3 nitrogen and oxygen atoms in total. The smallest absolute Gasteiger partial charge is 0.0766 e. The summed E-state index contributed by atoms with van der Waals surface area (Å²) in [6.07, 6.45) is 1.09. The van der Waals surface area contributed by atoms with E-state index in [9.17, 15) is 0 Å². The van der Waals surface area contributed by atoms with Crippen LogP contribution in [-0.4, -0.2) is 13.2 Å². The van der Waals surface area contributed by atoms with E-state index in [-0.39, 0.29) is 0 Å². The molecule has 0 aliphatic carbocycles. The van der Waals surface area contributed by atoms with E-state index in [1.165, 1.54) is 0 Å². The number of anilines is 2. The van der Waals surface area contributed by atoms with Gasteiger partial charge in [0.2, 0.25) is 0 Å². The summed E-state index contributed by atoms with van der Waals surface area (Å²) in [7, 11) is 0. The van der Waals surface area contributed by atoms with Crippen molar-refractivity contribution in [3.8, 4) is 0 Å². The maximum absolute atomic E-state index is 5.81. The van der Waals surface area contributed by atoms with Gasteiger partial charge < -0.3 is 5.73 Å². The molecule has 3 heteroatoms. The zero-order valence-electron chi connectivity index (χ0n) is 7.79. The molecule has 1 aliphatic heterocycles. The summed E-state index contributed by atoms with van der Waals surface area (Å²) >= 11 is 0. The van der Waals surface area contributed by atoms with Crippen molar-refractivity contribution in [1.82, 2.24) is 0 Å². The summed E-state index contributed by atoms with van der Waals surface area (Å²) in [5.41, 5.74) is 8.80. The zero-order valence-corrected chi connectivity index (χ0v) is 7.79. The number of hydroxylamine groups is 1. The molecule has 2 N–H and O–H groups in total. The fourth-order valence-corrected chi connectivity index (χ4v) is 1.43. The summed E-state index contributed by atoms with van der Waals surface area (Å²) in [4.78, 5) is 5.41. The van der Waals surface area contributed by atoms with Gasteiger partial charge in [-0.25, -0.2) is 0 Å². The molecule has 0 radical (unpaired) electrons. The molecular formula is C10H14N2O. The molecule has 70 valence electrons. The quantitative estimate of drug-likeness (QED) is 0.665. The highest BCUT2D eigenvalue weighted by atomic mass is 16.7. The summed E-state index contributed by atoms with van der Waals surface area (Å²) in [5, 5.41) is 1.90. The van der Waals surface area contributed by atoms with E-state index in [0.29, 0.717) is 0 Å². The minimum Gasteiger partial charge on any atom is -0.398 e. The number of benzene rings is 1. The van der Waals surface area contributed by atoms with E-state index >= 15 is 0 Å². The monoisotopic (exact) mass is 178 g/mol. The molecule has 1 aromatic carbocycles. The fourth-order valence-electron chi connectivity index (χ4n) is 1.43. The first-order chi connectivity index (χ1) is 6.27. The highest BCUT2D eigenvalue weighted by molar-refractivity contribution is 5.58. The molecule has 0 saturated carbocycles. The summed E-state index contributed by atoms with van der Waals surface area (Å²) in [5.74, 6) is 0. The van der Waals surface area contributed by atoms with Crippen molar-refractivity contribution in [2.75, 3.05) is 23.9 Å². The van der Waals surface area contributed by atoms with E-state index in [0.717, 1.165) is 36.5 Å². The van der Waals surface area contributed by atoms with Crippen LogP contribution in [0.3, 0.4) is 0 Å². The standard InChI is InChI=1S/C10H14N2O/c1-8-3-4-9(7-10(8)11)12-5-2-6-13-12/h3-4,7H,2,5-6,11H2,1H3. The summed E-state index contributed by atoms with van der Waals surface area (Å²) < 4.78 is 0. The van der Waals surface area contributed by atoms with Crippen LogP contribution in [0, 0.1) is 6.92 Å². The molecule has 0 unspecified atom stereocenters. The van der Waals surface area contributed by atoms with Crippen molar-refractivity contribution < 1.29 is 4.84 Å². The van der Waals surface area contributed by atoms with Crippen molar-refractivity contribution in [3.05, 3.63) is 23.8 Å². The van der Waals surface area contributed by atoms with Gasteiger partial charge in [0.15, 0.2) is 0 Å². The number of aryl methyl sites for hydroxylation is 1.